The average molecular weight is 208 g/mol. The lowest BCUT2D eigenvalue weighted by molar-refractivity contribution is -0.147. The third kappa shape index (κ3) is 6.86. The molecule has 0 spiro atoms. The molecule has 0 aliphatic heterocycles. The Kier molecular flexibility index (Phi) is 6.11. The summed E-state index contributed by atoms with van der Waals surface area (Å²) in [7, 11) is 0. The monoisotopic (exact) mass is 208 g/mol. The van der Waals surface area contributed by atoms with Crippen molar-refractivity contribution in [2.24, 2.45) is 0 Å². The SMILES string of the molecule is CC(C)(S)C(=O)OCCOCCO. The van der Waals surface area contributed by atoms with Crippen LogP contribution in [0.3, 0.4) is 0 Å². The van der Waals surface area contributed by atoms with Gasteiger partial charge >= 0.3 is 5.97 Å². The highest BCUT2D eigenvalue weighted by Crippen LogP contribution is 2.13. The van der Waals surface area contributed by atoms with Crippen LogP contribution >= 0.6 is 12.6 Å². The van der Waals surface area contributed by atoms with E-state index in [0.717, 1.165) is 0 Å². The lowest BCUT2D eigenvalue weighted by Crippen LogP contribution is -2.28. The molecule has 0 unspecified atom stereocenters. The fourth-order valence-corrected chi connectivity index (χ4v) is 0.601. The van der Waals surface area contributed by atoms with Gasteiger partial charge in [-0.2, -0.15) is 12.6 Å². The topological polar surface area (TPSA) is 55.8 Å². The molecule has 0 heterocycles. The van der Waals surface area contributed by atoms with Gasteiger partial charge in [0.1, 0.15) is 11.4 Å². The molecule has 13 heavy (non-hydrogen) atoms. The van der Waals surface area contributed by atoms with E-state index < -0.39 is 4.75 Å². The molecule has 0 aromatic rings. The molecule has 0 amide bonds. The number of hydrogen-bond acceptors (Lipinski definition) is 5. The molecule has 78 valence electrons. The first-order valence-corrected chi connectivity index (χ1v) is 4.51. The van der Waals surface area contributed by atoms with E-state index in [2.05, 4.69) is 12.6 Å². The Morgan fingerprint density at radius 2 is 2.00 bits per heavy atom. The minimum absolute atomic E-state index is 0.0218. The van der Waals surface area contributed by atoms with Crippen molar-refractivity contribution < 1.29 is 19.4 Å². The van der Waals surface area contributed by atoms with Crippen molar-refractivity contribution in [2.75, 3.05) is 26.4 Å². The predicted molar refractivity (Wildman–Crippen MR) is 51.9 cm³/mol. The Balaban J connectivity index is 3.38. The Hall–Kier alpha value is -0.260. The Bertz CT molecular complexity index is 153. The fraction of sp³-hybridized carbons (Fsp3) is 0.875. The largest absolute Gasteiger partial charge is 0.462 e. The first-order valence-electron chi connectivity index (χ1n) is 4.06. The maximum absolute atomic E-state index is 11.1. The van der Waals surface area contributed by atoms with Gasteiger partial charge in [-0.1, -0.05) is 0 Å². The van der Waals surface area contributed by atoms with E-state index in [-0.39, 0.29) is 25.8 Å². The summed E-state index contributed by atoms with van der Waals surface area (Å²) < 4.78 is 8.96. The number of rotatable bonds is 6. The summed E-state index contributed by atoms with van der Waals surface area (Å²) in [6, 6.07) is 0. The Morgan fingerprint density at radius 1 is 1.38 bits per heavy atom. The molecule has 0 saturated heterocycles. The predicted octanol–water partition coefficient (Wildman–Crippen LogP) is 0.247. The van der Waals surface area contributed by atoms with Gasteiger partial charge in [0, 0.05) is 0 Å². The summed E-state index contributed by atoms with van der Waals surface area (Å²) in [6.45, 7) is 4.06. The molecule has 5 heteroatoms. The third-order valence-corrected chi connectivity index (χ3v) is 1.38. The number of carbonyl (C=O) groups is 1. The Morgan fingerprint density at radius 3 is 2.46 bits per heavy atom. The van der Waals surface area contributed by atoms with Crippen molar-refractivity contribution in [3.63, 3.8) is 0 Å². The van der Waals surface area contributed by atoms with E-state index in [1.165, 1.54) is 0 Å². The number of thiol groups is 1. The van der Waals surface area contributed by atoms with Crippen LogP contribution in [-0.4, -0.2) is 42.3 Å². The van der Waals surface area contributed by atoms with E-state index in [1.807, 2.05) is 0 Å². The van der Waals surface area contributed by atoms with Crippen LogP contribution < -0.4 is 0 Å². The maximum Gasteiger partial charge on any atom is 0.321 e. The van der Waals surface area contributed by atoms with Crippen LogP contribution in [0.2, 0.25) is 0 Å². The van der Waals surface area contributed by atoms with Crippen molar-refractivity contribution in [2.45, 2.75) is 18.6 Å². The van der Waals surface area contributed by atoms with Crippen LogP contribution in [0, 0.1) is 0 Å². The zero-order valence-electron chi connectivity index (χ0n) is 7.95. The van der Waals surface area contributed by atoms with Crippen molar-refractivity contribution in [3.05, 3.63) is 0 Å². The summed E-state index contributed by atoms with van der Waals surface area (Å²) in [6.07, 6.45) is 0. The van der Waals surface area contributed by atoms with Gasteiger partial charge in [-0.05, 0) is 13.8 Å². The van der Waals surface area contributed by atoms with Crippen molar-refractivity contribution in [1.29, 1.82) is 0 Å². The Labute approximate surface area is 83.6 Å². The second-order valence-electron chi connectivity index (χ2n) is 3.03. The van der Waals surface area contributed by atoms with Crippen LogP contribution in [0.15, 0.2) is 0 Å². The number of ether oxygens (including phenoxy) is 2. The van der Waals surface area contributed by atoms with E-state index >= 15 is 0 Å². The summed E-state index contributed by atoms with van der Waals surface area (Å²) in [5, 5.41) is 8.36. The van der Waals surface area contributed by atoms with Crippen LogP contribution in [-0.2, 0) is 14.3 Å². The van der Waals surface area contributed by atoms with Gasteiger partial charge < -0.3 is 14.6 Å². The van der Waals surface area contributed by atoms with E-state index in [4.69, 9.17) is 14.6 Å². The van der Waals surface area contributed by atoms with Crippen LogP contribution in [0.1, 0.15) is 13.8 Å². The number of esters is 1. The van der Waals surface area contributed by atoms with Gasteiger partial charge in [0.15, 0.2) is 0 Å². The van der Waals surface area contributed by atoms with Gasteiger partial charge in [0.05, 0.1) is 19.8 Å². The normalized spacial score (nSPS) is 11.4. The van der Waals surface area contributed by atoms with Crippen LogP contribution in [0.25, 0.3) is 0 Å². The molecule has 0 saturated carbocycles. The smallest absolute Gasteiger partial charge is 0.321 e. The van der Waals surface area contributed by atoms with Gasteiger partial charge in [-0.25, -0.2) is 0 Å². The number of aliphatic hydroxyl groups excluding tert-OH is 1. The van der Waals surface area contributed by atoms with Crippen LogP contribution in [0.5, 0.6) is 0 Å². The zero-order valence-corrected chi connectivity index (χ0v) is 8.84. The maximum atomic E-state index is 11.1. The van der Waals surface area contributed by atoms with Crippen molar-refractivity contribution >= 4 is 18.6 Å². The van der Waals surface area contributed by atoms with Gasteiger partial charge in [0.2, 0.25) is 0 Å². The quantitative estimate of drug-likeness (QED) is 0.373. The molecule has 1 N–H and O–H groups in total. The van der Waals surface area contributed by atoms with E-state index in [1.54, 1.807) is 13.8 Å². The van der Waals surface area contributed by atoms with Gasteiger partial charge in [-0.15, -0.1) is 0 Å². The molecule has 0 aromatic carbocycles. The van der Waals surface area contributed by atoms with Crippen molar-refractivity contribution in [3.8, 4) is 0 Å². The summed E-state index contributed by atoms with van der Waals surface area (Å²) in [5.41, 5.74) is 0. The highest BCUT2D eigenvalue weighted by molar-refractivity contribution is 7.82. The number of aliphatic hydroxyl groups is 1. The van der Waals surface area contributed by atoms with Crippen LogP contribution in [0.4, 0.5) is 0 Å². The second-order valence-corrected chi connectivity index (χ2v) is 4.15. The molecule has 0 atom stereocenters. The molecule has 4 nitrogen and oxygen atoms in total. The van der Waals surface area contributed by atoms with E-state index in [0.29, 0.717) is 6.61 Å². The summed E-state index contributed by atoms with van der Waals surface area (Å²) >= 11 is 4.04. The molecule has 0 radical (unpaired) electrons. The number of hydrogen-bond donors (Lipinski definition) is 2. The lowest BCUT2D eigenvalue weighted by Gasteiger charge is -2.15. The number of carbonyl (C=O) groups excluding carboxylic acids is 1. The first kappa shape index (κ1) is 12.7. The second kappa shape index (κ2) is 6.23. The first-order chi connectivity index (χ1) is 5.98. The summed E-state index contributed by atoms with van der Waals surface area (Å²) in [4.78, 5) is 11.1. The molecular formula is C8H16O4S. The standard InChI is InChI=1S/C8H16O4S/c1-8(2,13)7(10)12-6-5-11-4-3-9/h9,13H,3-6H2,1-2H3. The molecule has 0 aromatic heterocycles. The minimum Gasteiger partial charge on any atom is -0.462 e. The fourth-order valence-electron chi connectivity index (χ4n) is 0.537. The molecule has 0 bridgehead atoms. The zero-order chi connectivity index (χ0) is 10.3. The highest BCUT2D eigenvalue weighted by atomic mass is 32.1. The average Bonchev–Trinajstić information content (AvgIpc) is 2.02. The highest BCUT2D eigenvalue weighted by Gasteiger charge is 2.23. The van der Waals surface area contributed by atoms with Gasteiger partial charge in [0.25, 0.3) is 0 Å². The summed E-state index contributed by atoms with van der Waals surface area (Å²) in [5.74, 6) is -0.372. The molecule has 0 aliphatic rings. The minimum atomic E-state index is -0.767. The molecule has 0 rings (SSSR count). The molecule has 0 aliphatic carbocycles. The lowest BCUT2D eigenvalue weighted by atomic mass is 10.2. The van der Waals surface area contributed by atoms with Crippen molar-refractivity contribution in [1.82, 2.24) is 0 Å². The molecular weight excluding hydrogens is 192 g/mol. The third-order valence-electron chi connectivity index (χ3n) is 1.20. The van der Waals surface area contributed by atoms with Gasteiger partial charge in [-0.3, -0.25) is 4.79 Å². The molecule has 0 fully saturated rings. The van der Waals surface area contributed by atoms with E-state index in [9.17, 15) is 4.79 Å².